The highest BCUT2D eigenvalue weighted by Gasteiger charge is 2.46. The van der Waals surface area contributed by atoms with E-state index in [0.717, 1.165) is 42.0 Å². The zero-order valence-corrected chi connectivity index (χ0v) is 43.1. The summed E-state index contributed by atoms with van der Waals surface area (Å²) in [6.45, 7) is 14.2. The number of hydrogen-bond donors (Lipinski definition) is 0. The van der Waals surface area contributed by atoms with Gasteiger partial charge >= 0.3 is 0 Å². The third-order valence-corrected chi connectivity index (χ3v) is 17.3. The maximum Gasteiger partial charge on any atom is 0.138 e. The van der Waals surface area contributed by atoms with E-state index < -0.39 is 0 Å². The van der Waals surface area contributed by atoms with Crippen LogP contribution in [0, 0.1) is 12.8 Å². The number of aryl methyl sites for hydroxylation is 2. The van der Waals surface area contributed by atoms with E-state index in [-0.39, 0.29) is 10.8 Å². The number of nitrogens with zero attached hydrogens (tertiary/aromatic N) is 1. The fourth-order valence-electron chi connectivity index (χ4n) is 13.5. The second-order valence-electron chi connectivity index (χ2n) is 22.2. The minimum atomic E-state index is -0.186. The summed E-state index contributed by atoms with van der Waals surface area (Å²) in [5.74, 6) is 1.71. The van der Waals surface area contributed by atoms with E-state index in [4.69, 9.17) is 4.42 Å². The molecule has 358 valence electrons. The summed E-state index contributed by atoms with van der Waals surface area (Å²) in [6, 6.07) is 66.1. The molecule has 1 heterocycles. The maximum absolute atomic E-state index is 6.57. The number of benzene rings is 8. The van der Waals surface area contributed by atoms with Crippen LogP contribution >= 0.6 is 0 Å². The first-order valence-corrected chi connectivity index (χ1v) is 26.8. The molecule has 8 aromatic carbocycles. The third-order valence-electron chi connectivity index (χ3n) is 17.3. The second-order valence-corrected chi connectivity index (χ2v) is 22.2. The van der Waals surface area contributed by atoms with Gasteiger partial charge in [-0.2, -0.15) is 0 Å². The number of para-hydroxylation sites is 1. The Hall–Kier alpha value is -7.68. The van der Waals surface area contributed by atoms with Gasteiger partial charge in [0.05, 0.1) is 5.69 Å². The van der Waals surface area contributed by atoms with Crippen LogP contribution in [0.25, 0.3) is 61.0 Å². The minimum absolute atomic E-state index is 0.0229. The molecule has 0 N–H and O–H groups in total. The fourth-order valence-corrected chi connectivity index (χ4v) is 13.5. The van der Waals surface area contributed by atoms with Gasteiger partial charge in [0, 0.05) is 39.2 Å². The van der Waals surface area contributed by atoms with Gasteiger partial charge in [-0.25, -0.2) is 0 Å². The second kappa shape index (κ2) is 17.5. The van der Waals surface area contributed by atoms with E-state index >= 15 is 0 Å². The molecule has 9 aromatic rings. The summed E-state index contributed by atoms with van der Waals surface area (Å²) < 4.78 is 6.57. The molecule has 2 nitrogen and oxygen atoms in total. The number of fused-ring (bicyclic) bond motifs is 9. The van der Waals surface area contributed by atoms with Gasteiger partial charge in [-0.15, -0.1) is 0 Å². The van der Waals surface area contributed by atoms with Crippen molar-refractivity contribution in [3.05, 3.63) is 251 Å². The first kappa shape index (κ1) is 45.2. The number of anilines is 3. The Morgan fingerprint density at radius 3 is 2.10 bits per heavy atom. The molecule has 0 saturated carbocycles. The SMILES string of the molecule is CCCCc1ccccc1-c1cccc(-c2ccc(N(c3ccc(-c4ccc5c(c4)C4C=CC(C6=CCCc7c6oc6ccccc76)=CC4C5(C)C)cc3)c3cccc4c3C(C)(C)c3ccccc3-4)cc2)c1C. The Kier molecular flexibility index (Phi) is 10.8. The monoisotopic (exact) mass is 945 g/mol. The van der Waals surface area contributed by atoms with Crippen LogP contribution in [-0.2, 0) is 23.7 Å². The van der Waals surface area contributed by atoms with Gasteiger partial charge in [0.2, 0.25) is 0 Å². The molecule has 2 unspecified atom stereocenters. The van der Waals surface area contributed by atoms with Crippen molar-refractivity contribution in [3.63, 3.8) is 0 Å². The van der Waals surface area contributed by atoms with Gasteiger partial charge in [0.15, 0.2) is 0 Å². The molecule has 73 heavy (non-hydrogen) atoms. The van der Waals surface area contributed by atoms with Gasteiger partial charge < -0.3 is 9.32 Å². The lowest BCUT2D eigenvalue weighted by molar-refractivity contribution is 0.393. The van der Waals surface area contributed by atoms with Crippen molar-refractivity contribution < 1.29 is 4.42 Å². The van der Waals surface area contributed by atoms with Gasteiger partial charge in [-0.05, 0) is 164 Å². The molecule has 4 aliphatic carbocycles. The van der Waals surface area contributed by atoms with Crippen molar-refractivity contribution in [2.45, 2.75) is 90.4 Å². The number of unbranched alkanes of at least 4 members (excludes halogenated alkanes) is 1. The van der Waals surface area contributed by atoms with Crippen molar-refractivity contribution >= 4 is 33.6 Å². The standard InChI is InChI=1S/C71H63NO/c1-7-8-18-47-19-9-10-20-55(47)54-24-15-23-53(45(54)2)48-33-39-52(40-34-48)72(66-29-17-26-60-57-21-11-13-28-63(57)71(5,6)68(60)66)51-37-31-46(32-38-51)49-36-42-64-62(43-49)58-41-35-50(44-65(58)70(64,3)4)56-25-16-27-61-59-22-12-14-30-67(59)73-69(56)61/h9-15,17,19-26,28-44,58,65H,7-8,16,18,27H2,1-6H3. The molecule has 0 bridgehead atoms. The average molecular weight is 946 g/mol. The molecule has 0 fully saturated rings. The Morgan fingerprint density at radius 1 is 0.616 bits per heavy atom. The third kappa shape index (κ3) is 7.27. The summed E-state index contributed by atoms with van der Waals surface area (Å²) in [7, 11) is 0. The van der Waals surface area contributed by atoms with Crippen molar-refractivity contribution in [2.24, 2.45) is 5.92 Å². The largest absolute Gasteiger partial charge is 0.456 e. The van der Waals surface area contributed by atoms with Crippen LogP contribution < -0.4 is 4.90 Å². The molecule has 2 heteroatoms. The van der Waals surface area contributed by atoms with Gasteiger partial charge in [-0.3, -0.25) is 0 Å². The highest BCUT2D eigenvalue weighted by molar-refractivity contribution is 5.94. The highest BCUT2D eigenvalue weighted by Crippen LogP contribution is 2.57. The summed E-state index contributed by atoms with van der Waals surface area (Å²) >= 11 is 0. The van der Waals surface area contributed by atoms with Crippen LogP contribution in [0.15, 0.2) is 210 Å². The molecular weight excluding hydrogens is 883 g/mol. The number of furan rings is 1. The smallest absolute Gasteiger partial charge is 0.138 e. The van der Waals surface area contributed by atoms with Gasteiger partial charge in [-0.1, -0.05) is 205 Å². The molecule has 0 saturated heterocycles. The molecule has 0 aliphatic heterocycles. The average Bonchev–Trinajstić information content (AvgIpc) is 4.01. The lowest BCUT2D eigenvalue weighted by Crippen LogP contribution is -2.25. The van der Waals surface area contributed by atoms with Crippen molar-refractivity contribution in [1.82, 2.24) is 0 Å². The molecule has 0 amide bonds. The zero-order valence-electron chi connectivity index (χ0n) is 43.1. The van der Waals surface area contributed by atoms with E-state index in [0.29, 0.717) is 11.8 Å². The summed E-state index contributed by atoms with van der Waals surface area (Å²) in [5, 5.41) is 1.25. The summed E-state index contributed by atoms with van der Waals surface area (Å²) in [4.78, 5) is 2.50. The fraction of sp³-hybridized carbons (Fsp3) is 0.211. The van der Waals surface area contributed by atoms with Crippen LogP contribution in [0.4, 0.5) is 17.1 Å². The summed E-state index contributed by atoms with van der Waals surface area (Å²) in [5.41, 5.74) is 26.8. The zero-order chi connectivity index (χ0) is 49.6. The maximum atomic E-state index is 6.57. The van der Waals surface area contributed by atoms with Crippen molar-refractivity contribution in [2.75, 3.05) is 4.90 Å². The molecule has 0 radical (unpaired) electrons. The predicted molar refractivity (Wildman–Crippen MR) is 307 cm³/mol. The van der Waals surface area contributed by atoms with Crippen molar-refractivity contribution in [3.8, 4) is 44.5 Å². The van der Waals surface area contributed by atoms with Crippen molar-refractivity contribution in [1.29, 1.82) is 0 Å². The quantitative estimate of drug-likeness (QED) is 0.136. The first-order chi connectivity index (χ1) is 35.6. The highest BCUT2D eigenvalue weighted by atomic mass is 16.3. The topological polar surface area (TPSA) is 16.4 Å². The molecule has 1 aromatic heterocycles. The number of rotatable bonds is 10. The number of hydrogen-bond acceptors (Lipinski definition) is 2. The van der Waals surface area contributed by atoms with E-state index in [2.05, 4.69) is 247 Å². The Labute approximate surface area is 432 Å². The molecular formula is C71H63NO. The van der Waals surface area contributed by atoms with E-state index in [1.807, 2.05) is 0 Å². The van der Waals surface area contributed by atoms with E-state index in [9.17, 15) is 0 Å². The number of allylic oxidation sites excluding steroid dienone is 6. The summed E-state index contributed by atoms with van der Waals surface area (Å²) in [6.07, 6.45) is 15.3. The van der Waals surface area contributed by atoms with Crippen LogP contribution in [0.5, 0.6) is 0 Å². The minimum Gasteiger partial charge on any atom is -0.456 e. The van der Waals surface area contributed by atoms with Gasteiger partial charge in [0.1, 0.15) is 11.3 Å². The van der Waals surface area contributed by atoms with E-state index in [1.54, 1.807) is 0 Å². The van der Waals surface area contributed by atoms with Crippen LogP contribution in [0.1, 0.15) is 105 Å². The Morgan fingerprint density at radius 2 is 1.29 bits per heavy atom. The molecule has 0 spiro atoms. The first-order valence-electron chi connectivity index (χ1n) is 26.8. The van der Waals surface area contributed by atoms with Crippen LogP contribution in [0.3, 0.4) is 0 Å². The lowest BCUT2D eigenvalue weighted by Gasteiger charge is -2.32. The normalized spacial score (nSPS) is 17.6. The van der Waals surface area contributed by atoms with Crippen LogP contribution in [-0.4, -0.2) is 0 Å². The van der Waals surface area contributed by atoms with Gasteiger partial charge in [0.25, 0.3) is 0 Å². The Bertz CT molecular complexity index is 3740. The lowest BCUT2D eigenvalue weighted by atomic mass is 9.72. The molecule has 4 aliphatic rings. The Balaban J connectivity index is 0.849. The molecule has 2 atom stereocenters. The van der Waals surface area contributed by atoms with Crippen LogP contribution in [0.2, 0.25) is 0 Å². The van der Waals surface area contributed by atoms with E-state index in [1.165, 1.54) is 119 Å². The predicted octanol–water partition coefficient (Wildman–Crippen LogP) is 19.4. The molecule has 13 rings (SSSR count).